The van der Waals surface area contributed by atoms with Crippen LogP contribution in [0.1, 0.15) is 29.3 Å². The van der Waals surface area contributed by atoms with E-state index in [1.807, 2.05) is 44.2 Å². The first-order valence-electron chi connectivity index (χ1n) is 8.62. The van der Waals surface area contributed by atoms with Gasteiger partial charge in [-0.05, 0) is 56.2 Å². The highest BCUT2D eigenvalue weighted by Gasteiger charge is 2.23. The second kappa shape index (κ2) is 8.27. The van der Waals surface area contributed by atoms with Crippen LogP contribution < -0.4 is 15.4 Å². The van der Waals surface area contributed by atoms with E-state index < -0.39 is 0 Å². The number of fused-ring (bicyclic) bond motifs is 1. The third kappa shape index (κ3) is 4.58. The Kier molecular flexibility index (Phi) is 5.83. The largest absolute Gasteiger partial charge is 0.494 e. The molecule has 0 aromatic heterocycles. The number of carbonyl (C=O) groups excluding carboxylic acids is 2. The van der Waals surface area contributed by atoms with E-state index in [-0.39, 0.29) is 17.1 Å². The summed E-state index contributed by atoms with van der Waals surface area (Å²) in [6, 6.07) is 13.3. The molecule has 0 bridgehead atoms. The number of anilines is 1. The zero-order valence-electron chi connectivity index (χ0n) is 14.9. The van der Waals surface area contributed by atoms with Gasteiger partial charge in [0, 0.05) is 17.0 Å². The molecule has 1 aliphatic rings. The lowest BCUT2D eigenvalue weighted by Gasteiger charge is -2.21. The monoisotopic (exact) mass is 370 g/mol. The van der Waals surface area contributed by atoms with Crippen LogP contribution in [0.5, 0.6) is 5.75 Å². The molecule has 3 rings (SSSR count). The van der Waals surface area contributed by atoms with Crippen molar-refractivity contribution in [3.63, 3.8) is 0 Å². The first-order valence-corrected chi connectivity index (χ1v) is 9.50. The van der Waals surface area contributed by atoms with Gasteiger partial charge in [0.2, 0.25) is 5.91 Å². The van der Waals surface area contributed by atoms with E-state index in [0.717, 1.165) is 16.2 Å². The maximum atomic E-state index is 12.3. The van der Waals surface area contributed by atoms with E-state index >= 15 is 0 Å². The summed E-state index contributed by atoms with van der Waals surface area (Å²) in [5.74, 6) is 0.656. The van der Waals surface area contributed by atoms with Gasteiger partial charge in [0.15, 0.2) is 0 Å². The topological polar surface area (TPSA) is 67.4 Å². The van der Waals surface area contributed by atoms with Crippen LogP contribution in [-0.4, -0.2) is 30.2 Å². The first kappa shape index (κ1) is 18.3. The number of hydrogen-bond donors (Lipinski definition) is 2. The summed E-state index contributed by atoms with van der Waals surface area (Å²) in [6.45, 7) is 4.95. The van der Waals surface area contributed by atoms with Gasteiger partial charge in [-0.25, -0.2) is 0 Å². The molecule has 0 aliphatic carbocycles. The molecule has 136 valence electrons. The minimum atomic E-state index is -0.152. The Bertz CT molecular complexity index is 822. The number of benzene rings is 2. The zero-order chi connectivity index (χ0) is 18.5. The summed E-state index contributed by atoms with van der Waals surface area (Å²) in [4.78, 5) is 25.0. The van der Waals surface area contributed by atoms with Gasteiger partial charge in [0.05, 0.1) is 17.5 Å². The minimum Gasteiger partial charge on any atom is -0.494 e. The molecule has 0 fully saturated rings. The lowest BCUT2D eigenvalue weighted by atomic mass is 10.1. The highest BCUT2D eigenvalue weighted by atomic mass is 32.2. The van der Waals surface area contributed by atoms with Crippen molar-refractivity contribution in [1.29, 1.82) is 0 Å². The standard InChI is InChI=1S/C20H22N2O3S/c1-13-5-3-6-16(11-13)25-10-4-9-21-20(24)15-7-8-18-17(12-15)22-19(23)14(2)26-18/h3,5-8,11-12,14H,4,9-10H2,1-2H3,(H,21,24)(H,22,23)/t14-/m1/s1. The molecule has 2 aromatic carbocycles. The summed E-state index contributed by atoms with van der Waals surface area (Å²) in [7, 11) is 0. The van der Waals surface area contributed by atoms with Gasteiger partial charge in [-0.2, -0.15) is 0 Å². The van der Waals surface area contributed by atoms with Crippen LogP contribution in [0.2, 0.25) is 0 Å². The number of aryl methyl sites for hydroxylation is 1. The van der Waals surface area contributed by atoms with Crippen LogP contribution in [-0.2, 0) is 4.79 Å². The Balaban J connectivity index is 1.46. The van der Waals surface area contributed by atoms with Crippen molar-refractivity contribution in [2.24, 2.45) is 0 Å². The maximum absolute atomic E-state index is 12.3. The second-order valence-electron chi connectivity index (χ2n) is 6.23. The third-order valence-corrected chi connectivity index (χ3v) is 5.22. The fraction of sp³-hybridized carbons (Fsp3) is 0.300. The van der Waals surface area contributed by atoms with Crippen molar-refractivity contribution >= 4 is 29.3 Å². The molecular formula is C20H22N2O3S. The molecule has 0 saturated heterocycles. The smallest absolute Gasteiger partial charge is 0.251 e. The molecule has 26 heavy (non-hydrogen) atoms. The number of amides is 2. The highest BCUT2D eigenvalue weighted by Crippen LogP contribution is 2.35. The van der Waals surface area contributed by atoms with Gasteiger partial charge >= 0.3 is 0 Å². The molecule has 0 unspecified atom stereocenters. The van der Waals surface area contributed by atoms with E-state index in [1.165, 1.54) is 11.8 Å². The Morgan fingerprint density at radius 2 is 2.12 bits per heavy atom. The molecule has 5 nitrogen and oxygen atoms in total. The quantitative estimate of drug-likeness (QED) is 0.762. The lowest BCUT2D eigenvalue weighted by molar-refractivity contribution is -0.115. The van der Waals surface area contributed by atoms with Crippen molar-refractivity contribution in [1.82, 2.24) is 5.32 Å². The lowest BCUT2D eigenvalue weighted by Crippen LogP contribution is -2.28. The van der Waals surface area contributed by atoms with Crippen molar-refractivity contribution < 1.29 is 14.3 Å². The fourth-order valence-electron chi connectivity index (χ4n) is 2.62. The summed E-state index contributed by atoms with van der Waals surface area (Å²) in [5, 5.41) is 5.61. The SMILES string of the molecule is Cc1cccc(OCCCNC(=O)c2ccc3c(c2)NC(=O)[C@@H](C)S3)c1. The molecule has 6 heteroatoms. The number of thioether (sulfide) groups is 1. The summed E-state index contributed by atoms with van der Waals surface area (Å²) in [5.41, 5.74) is 2.40. The molecule has 2 N–H and O–H groups in total. The molecule has 0 spiro atoms. The molecular weight excluding hydrogens is 348 g/mol. The summed E-state index contributed by atoms with van der Waals surface area (Å²) in [6.07, 6.45) is 0.717. The van der Waals surface area contributed by atoms with E-state index in [2.05, 4.69) is 10.6 Å². The van der Waals surface area contributed by atoms with Crippen molar-refractivity contribution in [3.05, 3.63) is 53.6 Å². The molecule has 1 aliphatic heterocycles. The predicted octanol–water partition coefficient (Wildman–Crippen LogP) is 3.63. The highest BCUT2D eigenvalue weighted by molar-refractivity contribution is 8.00. The molecule has 0 radical (unpaired) electrons. The van der Waals surface area contributed by atoms with Gasteiger partial charge in [-0.3, -0.25) is 9.59 Å². The van der Waals surface area contributed by atoms with Gasteiger partial charge in [-0.1, -0.05) is 12.1 Å². The van der Waals surface area contributed by atoms with Crippen LogP contribution in [0, 0.1) is 6.92 Å². The Hall–Kier alpha value is -2.47. The number of nitrogens with one attached hydrogen (secondary N) is 2. The van der Waals surface area contributed by atoms with Gasteiger partial charge in [0.1, 0.15) is 5.75 Å². The number of ether oxygens (including phenoxy) is 1. The zero-order valence-corrected chi connectivity index (χ0v) is 15.7. The Morgan fingerprint density at radius 1 is 1.27 bits per heavy atom. The molecule has 2 amide bonds. The molecule has 2 aromatic rings. The predicted molar refractivity (Wildman–Crippen MR) is 104 cm³/mol. The minimum absolute atomic E-state index is 0.0339. The van der Waals surface area contributed by atoms with Crippen LogP contribution in [0.3, 0.4) is 0 Å². The van der Waals surface area contributed by atoms with Gasteiger partial charge in [0.25, 0.3) is 5.91 Å². The van der Waals surface area contributed by atoms with Crippen molar-refractivity contribution in [3.8, 4) is 5.75 Å². The number of hydrogen-bond acceptors (Lipinski definition) is 4. The maximum Gasteiger partial charge on any atom is 0.251 e. The van der Waals surface area contributed by atoms with E-state index in [1.54, 1.807) is 12.1 Å². The van der Waals surface area contributed by atoms with Crippen LogP contribution in [0.4, 0.5) is 5.69 Å². The van der Waals surface area contributed by atoms with Crippen molar-refractivity contribution in [2.45, 2.75) is 30.4 Å². The fourth-order valence-corrected chi connectivity index (χ4v) is 3.55. The Labute approximate surface area is 157 Å². The average molecular weight is 370 g/mol. The summed E-state index contributed by atoms with van der Waals surface area (Å²) < 4.78 is 5.67. The summed E-state index contributed by atoms with van der Waals surface area (Å²) >= 11 is 1.50. The average Bonchev–Trinajstić information content (AvgIpc) is 2.62. The Morgan fingerprint density at radius 3 is 2.92 bits per heavy atom. The van der Waals surface area contributed by atoms with Gasteiger partial charge in [-0.15, -0.1) is 11.8 Å². The van der Waals surface area contributed by atoms with Crippen LogP contribution >= 0.6 is 11.8 Å². The van der Waals surface area contributed by atoms with Crippen molar-refractivity contribution in [2.75, 3.05) is 18.5 Å². The molecule has 1 atom stereocenters. The number of carbonyl (C=O) groups is 2. The number of rotatable bonds is 6. The molecule has 1 heterocycles. The second-order valence-corrected chi connectivity index (χ2v) is 7.62. The van der Waals surface area contributed by atoms with Crippen LogP contribution in [0.15, 0.2) is 47.4 Å². The third-order valence-electron chi connectivity index (χ3n) is 4.04. The van der Waals surface area contributed by atoms with E-state index in [9.17, 15) is 9.59 Å². The van der Waals surface area contributed by atoms with E-state index in [4.69, 9.17) is 4.74 Å². The van der Waals surface area contributed by atoms with E-state index in [0.29, 0.717) is 30.8 Å². The molecule has 0 saturated carbocycles. The van der Waals surface area contributed by atoms with Crippen LogP contribution in [0.25, 0.3) is 0 Å². The van der Waals surface area contributed by atoms with Gasteiger partial charge < -0.3 is 15.4 Å². The normalized spacial score (nSPS) is 15.8. The first-order chi connectivity index (χ1) is 12.5.